The maximum absolute atomic E-state index is 10.7. The van der Waals surface area contributed by atoms with E-state index >= 15 is 0 Å². The molecule has 2 aromatic rings. The molecule has 1 aromatic carbocycles. The number of hydrogen-bond donors (Lipinski definition) is 1. The van der Waals surface area contributed by atoms with Gasteiger partial charge in [-0.2, -0.15) is 0 Å². The van der Waals surface area contributed by atoms with Gasteiger partial charge in [0.05, 0.1) is 13.2 Å². The monoisotopic (exact) mass is 288 g/mol. The molecule has 0 aliphatic carbocycles. The summed E-state index contributed by atoms with van der Waals surface area (Å²) in [5, 5.41) is 16.8. The molecule has 1 atom stereocenters. The third-order valence-corrected chi connectivity index (χ3v) is 3.48. The first-order valence-corrected chi connectivity index (χ1v) is 6.86. The highest BCUT2D eigenvalue weighted by Gasteiger charge is 2.16. The van der Waals surface area contributed by atoms with Crippen molar-refractivity contribution in [2.75, 3.05) is 0 Å². The molecular formula is C15H16N2O4. The predicted octanol–water partition coefficient (Wildman–Crippen LogP) is 2.42. The molecule has 2 heterocycles. The first-order chi connectivity index (χ1) is 10.1. The minimum Gasteiger partial charge on any atom is -0.481 e. The molecule has 0 spiro atoms. The summed E-state index contributed by atoms with van der Waals surface area (Å²) in [6.45, 7) is 3.11. The lowest BCUT2D eigenvalue weighted by Crippen LogP contribution is -2.07. The molecule has 0 bridgehead atoms. The lowest BCUT2D eigenvalue weighted by Gasteiger charge is -2.03. The molecule has 0 saturated heterocycles. The molecule has 1 unspecified atom stereocenters. The maximum Gasteiger partial charge on any atom is 0.303 e. The highest BCUT2D eigenvalue weighted by Crippen LogP contribution is 2.26. The molecule has 6 nitrogen and oxygen atoms in total. The average molecular weight is 288 g/mol. The standard InChI is InChI=1S/C15H16N2O4/c1-9(5-14(18)19)4-13-16-17-15(21-13)10-2-3-11-7-20-8-12(11)6-10/h2-3,6,9H,4-5,7-8H2,1H3,(H,18,19). The number of aromatic nitrogens is 2. The fourth-order valence-electron chi connectivity index (χ4n) is 2.43. The van der Waals surface area contributed by atoms with Crippen molar-refractivity contribution in [2.24, 2.45) is 5.92 Å². The summed E-state index contributed by atoms with van der Waals surface area (Å²) in [6.07, 6.45) is 0.557. The molecule has 1 aliphatic rings. The van der Waals surface area contributed by atoms with Crippen LogP contribution in [-0.2, 0) is 29.2 Å². The van der Waals surface area contributed by atoms with Gasteiger partial charge in [-0.05, 0) is 29.2 Å². The Labute approximate surface area is 121 Å². The van der Waals surface area contributed by atoms with Crippen LogP contribution in [0.3, 0.4) is 0 Å². The van der Waals surface area contributed by atoms with Crippen LogP contribution in [0.2, 0.25) is 0 Å². The number of rotatable bonds is 5. The van der Waals surface area contributed by atoms with Gasteiger partial charge in [-0.3, -0.25) is 4.79 Å². The average Bonchev–Trinajstić information content (AvgIpc) is 3.04. The van der Waals surface area contributed by atoms with E-state index in [4.69, 9.17) is 14.3 Å². The quantitative estimate of drug-likeness (QED) is 0.909. The fourth-order valence-corrected chi connectivity index (χ4v) is 2.43. The number of fused-ring (bicyclic) bond motifs is 1. The minimum atomic E-state index is -0.819. The Morgan fingerprint density at radius 1 is 1.33 bits per heavy atom. The number of benzene rings is 1. The van der Waals surface area contributed by atoms with Crippen LogP contribution in [0.25, 0.3) is 11.5 Å². The van der Waals surface area contributed by atoms with Crippen molar-refractivity contribution in [2.45, 2.75) is 33.0 Å². The van der Waals surface area contributed by atoms with E-state index in [2.05, 4.69) is 10.2 Å². The number of carbonyl (C=O) groups is 1. The van der Waals surface area contributed by atoms with E-state index in [0.717, 1.165) is 11.1 Å². The second-order valence-corrected chi connectivity index (χ2v) is 5.38. The lowest BCUT2D eigenvalue weighted by molar-refractivity contribution is -0.137. The highest BCUT2D eigenvalue weighted by molar-refractivity contribution is 5.67. The number of hydrogen-bond acceptors (Lipinski definition) is 5. The van der Waals surface area contributed by atoms with Gasteiger partial charge in [-0.1, -0.05) is 13.0 Å². The molecular weight excluding hydrogens is 272 g/mol. The molecule has 0 amide bonds. The van der Waals surface area contributed by atoms with Crippen molar-refractivity contribution in [3.8, 4) is 11.5 Å². The summed E-state index contributed by atoms with van der Waals surface area (Å²) in [4.78, 5) is 10.7. The SMILES string of the molecule is CC(CC(=O)O)Cc1nnc(-c2ccc3c(c2)COC3)o1. The Morgan fingerprint density at radius 3 is 2.95 bits per heavy atom. The fraction of sp³-hybridized carbons (Fsp3) is 0.400. The number of carboxylic acids is 1. The van der Waals surface area contributed by atoms with Crippen molar-refractivity contribution >= 4 is 5.97 Å². The van der Waals surface area contributed by atoms with E-state index in [-0.39, 0.29) is 12.3 Å². The molecule has 0 saturated carbocycles. The van der Waals surface area contributed by atoms with Gasteiger partial charge in [0.1, 0.15) is 0 Å². The van der Waals surface area contributed by atoms with Crippen LogP contribution in [0.4, 0.5) is 0 Å². The molecule has 0 fully saturated rings. The van der Waals surface area contributed by atoms with Crippen molar-refractivity contribution in [1.82, 2.24) is 10.2 Å². The van der Waals surface area contributed by atoms with Crippen LogP contribution in [0.5, 0.6) is 0 Å². The van der Waals surface area contributed by atoms with Gasteiger partial charge in [0.2, 0.25) is 11.8 Å². The largest absolute Gasteiger partial charge is 0.481 e. The van der Waals surface area contributed by atoms with E-state index in [9.17, 15) is 4.79 Å². The van der Waals surface area contributed by atoms with Crippen molar-refractivity contribution in [3.05, 3.63) is 35.2 Å². The molecule has 1 aromatic heterocycles. The third-order valence-electron chi connectivity index (χ3n) is 3.48. The lowest BCUT2D eigenvalue weighted by atomic mass is 10.0. The normalized spacial score (nSPS) is 14.9. The van der Waals surface area contributed by atoms with Crippen molar-refractivity contribution in [3.63, 3.8) is 0 Å². The highest BCUT2D eigenvalue weighted by atomic mass is 16.5. The van der Waals surface area contributed by atoms with Gasteiger partial charge in [0.15, 0.2) is 0 Å². The summed E-state index contributed by atoms with van der Waals surface area (Å²) in [5.41, 5.74) is 3.20. The molecule has 110 valence electrons. The summed E-state index contributed by atoms with van der Waals surface area (Å²) in [6, 6.07) is 5.94. The van der Waals surface area contributed by atoms with E-state index < -0.39 is 5.97 Å². The molecule has 21 heavy (non-hydrogen) atoms. The second kappa shape index (κ2) is 5.65. The molecule has 1 N–H and O–H groups in total. The van der Waals surface area contributed by atoms with Gasteiger partial charge < -0.3 is 14.3 Å². The number of aliphatic carboxylic acids is 1. The summed E-state index contributed by atoms with van der Waals surface area (Å²) in [5.74, 6) is 0.0720. The third kappa shape index (κ3) is 3.11. The second-order valence-electron chi connectivity index (χ2n) is 5.38. The molecule has 6 heteroatoms. The van der Waals surface area contributed by atoms with E-state index in [1.54, 1.807) is 0 Å². The van der Waals surface area contributed by atoms with Crippen LogP contribution >= 0.6 is 0 Å². The smallest absolute Gasteiger partial charge is 0.303 e. The van der Waals surface area contributed by atoms with E-state index in [1.807, 2.05) is 25.1 Å². The first kappa shape index (κ1) is 13.8. The Kier molecular flexibility index (Phi) is 3.70. The maximum atomic E-state index is 10.7. The Hall–Kier alpha value is -2.21. The van der Waals surface area contributed by atoms with Gasteiger partial charge in [0, 0.05) is 18.4 Å². The van der Waals surface area contributed by atoms with Crippen LogP contribution in [0.15, 0.2) is 22.6 Å². The Morgan fingerprint density at radius 2 is 2.14 bits per heavy atom. The summed E-state index contributed by atoms with van der Waals surface area (Å²) < 4.78 is 11.0. The summed E-state index contributed by atoms with van der Waals surface area (Å²) in [7, 11) is 0. The number of ether oxygens (including phenoxy) is 1. The van der Waals surface area contributed by atoms with Crippen LogP contribution in [0, 0.1) is 5.92 Å². The van der Waals surface area contributed by atoms with Gasteiger partial charge >= 0.3 is 5.97 Å². The summed E-state index contributed by atoms with van der Waals surface area (Å²) >= 11 is 0. The van der Waals surface area contributed by atoms with Gasteiger partial charge in [-0.25, -0.2) is 0 Å². The number of carboxylic acid groups (broad SMARTS) is 1. The number of nitrogens with zero attached hydrogens (tertiary/aromatic N) is 2. The Balaban J connectivity index is 1.74. The zero-order valence-electron chi connectivity index (χ0n) is 11.7. The topological polar surface area (TPSA) is 85.5 Å². The predicted molar refractivity (Wildman–Crippen MR) is 73.3 cm³/mol. The molecule has 0 radical (unpaired) electrons. The zero-order valence-corrected chi connectivity index (χ0v) is 11.7. The van der Waals surface area contributed by atoms with E-state index in [1.165, 1.54) is 5.56 Å². The van der Waals surface area contributed by atoms with Crippen molar-refractivity contribution in [1.29, 1.82) is 0 Å². The first-order valence-electron chi connectivity index (χ1n) is 6.86. The molecule has 1 aliphatic heterocycles. The zero-order chi connectivity index (χ0) is 14.8. The van der Waals surface area contributed by atoms with Crippen molar-refractivity contribution < 1.29 is 19.1 Å². The van der Waals surface area contributed by atoms with Gasteiger partial charge in [-0.15, -0.1) is 10.2 Å². The van der Waals surface area contributed by atoms with Crippen LogP contribution in [0.1, 0.15) is 30.4 Å². The van der Waals surface area contributed by atoms with Crippen LogP contribution in [-0.4, -0.2) is 21.3 Å². The van der Waals surface area contributed by atoms with Gasteiger partial charge in [0.25, 0.3) is 0 Å². The Bertz CT molecular complexity index is 665. The van der Waals surface area contributed by atoms with E-state index in [0.29, 0.717) is 31.4 Å². The minimum absolute atomic E-state index is 0.0378. The molecule has 3 rings (SSSR count). The van der Waals surface area contributed by atoms with Crippen LogP contribution < -0.4 is 0 Å².